The fourth-order valence-electron chi connectivity index (χ4n) is 3.11. The van der Waals surface area contributed by atoms with Crippen molar-refractivity contribution in [2.45, 2.75) is 38.7 Å². The topological polar surface area (TPSA) is 117 Å². The van der Waals surface area contributed by atoms with Gasteiger partial charge in [0.25, 0.3) is 5.56 Å². The van der Waals surface area contributed by atoms with Crippen LogP contribution in [0.15, 0.2) is 34.0 Å². The first kappa shape index (κ1) is 22.9. The first-order valence-electron chi connectivity index (χ1n) is 9.42. The van der Waals surface area contributed by atoms with E-state index < -0.39 is 53.3 Å². The van der Waals surface area contributed by atoms with Gasteiger partial charge in [-0.3, -0.25) is 23.9 Å². The molecule has 2 heterocycles. The Labute approximate surface area is 179 Å². The summed E-state index contributed by atoms with van der Waals surface area (Å²) in [6, 6.07) is 2.66. The van der Waals surface area contributed by atoms with Gasteiger partial charge in [-0.05, 0) is 12.1 Å². The van der Waals surface area contributed by atoms with Crippen LogP contribution in [0.4, 0.5) is 8.78 Å². The fraction of sp³-hybridized carbons (Fsp3) is 0.333. The molecule has 1 aliphatic rings. The molecule has 1 aromatic heterocycles. The van der Waals surface area contributed by atoms with Crippen molar-refractivity contribution < 1.29 is 32.6 Å². The van der Waals surface area contributed by atoms with Gasteiger partial charge in [-0.25, -0.2) is 13.6 Å². The Hall–Kier alpha value is -3.78. The molecule has 0 amide bonds. The number of hydrogen-bond acceptors (Lipinski definition) is 7. The average Bonchev–Trinajstić information content (AvgIpc) is 3.06. The number of carbonyl (C=O) groups is 2. The summed E-state index contributed by atoms with van der Waals surface area (Å²) in [6.45, 7) is 2.19. The van der Waals surface area contributed by atoms with Gasteiger partial charge in [0.1, 0.15) is 42.2 Å². The normalized spacial score (nSPS) is 19.7. The number of H-pyrrole nitrogens is 1. The first-order valence-corrected chi connectivity index (χ1v) is 9.42. The number of nitrogens with one attached hydrogen (secondary N) is 1. The van der Waals surface area contributed by atoms with Crippen molar-refractivity contribution in [2.75, 3.05) is 6.61 Å². The van der Waals surface area contributed by atoms with E-state index in [1.54, 1.807) is 0 Å². The average molecular weight is 448 g/mol. The highest BCUT2D eigenvalue weighted by Gasteiger charge is 2.39. The molecule has 3 rings (SSSR count). The summed E-state index contributed by atoms with van der Waals surface area (Å²) in [5.41, 5.74) is -1.78. The zero-order chi connectivity index (χ0) is 23.4. The molecule has 32 heavy (non-hydrogen) atoms. The predicted octanol–water partition coefficient (Wildman–Crippen LogP) is 0.997. The molecule has 0 radical (unpaired) electrons. The van der Waals surface area contributed by atoms with Crippen LogP contribution in [0.5, 0.6) is 0 Å². The number of aromatic amines is 1. The van der Waals surface area contributed by atoms with Crippen LogP contribution in [0.2, 0.25) is 0 Å². The van der Waals surface area contributed by atoms with Crippen molar-refractivity contribution in [3.05, 3.63) is 68.0 Å². The van der Waals surface area contributed by atoms with Crippen LogP contribution in [0.25, 0.3) is 0 Å². The van der Waals surface area contributed by atoms with E-state index in [-0.39, 0.29) is 24.2 Å². The summed E-state index contributed by atoms with van der Waals surface area (Å²) in [4.78, 5) is 49.0. The lowest BCUT2D eigenvalue weighted by Gasteiger charge is -2.17. The smallest absolute Gasteiger partial charge is 0.330 e. The maximum absolute atomic E-state index is 13.3. The molecule has 2 aromatic rings. The molecule has 3 atom stereocenters. The fourth-order valence-corrected chi connectivity index (χ4v) is 3.11. The van der Waals surface area contributed by atoms with Crippen LogP contribution in [0.1, 0.15) is 37.6 Å². The summed E-state index contributed by atoms with van der Waals surface area (Å²) >= 11 is 0. The molecular formula is C21H18F2N2O7. The van der Waals surface area contributed by atoms with Gasteiger partial charge in [0, 0.05) is 38.1 Å². The third kappa shape index (κ3) is 5.67. The van der Waals surface area contributed by atoms with E-state index in [1.165, 1.54) is 13.8 Å². The second-order valence-electron chi connectivity index (χ2n) is 6.93. The van der Waals surface area contributed by atoms with Crippen LogP contribution >= 0.6 is 0 Å². The second kappa shape index (κ2) is 9.57. The summed E-state index contributed by atoms with van der Waals surface area (Å²) in [6.07, 6.45) is -1.43. The van der Waals surface area contributed by atoms with Crippen LogP contribution in [0.3, 0.4) is 0 Å². The summed E-state index contributed by atoms with van der Waals surface area (Å²) in [5.74, 6) is 2.12. The zero-order valence-electron chi connectivity index (χ0n) is 17.0. The van der Waals surface area contributed by atoms with Crippen LogP contribution in [-0.4, -0.2) is 40.3 Å². The van der Waals surface area contributed by atoms with Crippen LogP contribution in [0, 0.1) is 23.5 Å². The van der Waals surface area contributed by atoms with Crippen LogP contribution < -0.4 is 11.2 Å². The number of halogens is 2. The highest BCUT2D eigenvalue weighted by atomic mass is 19.1. The van der Waals surface area contributed by atoms with Crippen molar-refractivity contribution in [3.8, 4) is 11.8 Å². The second-order valence-corrected chi connectivity index (χ2v) is 6.93. The van der Waals surface area contributed by atoms with E-state index in [0.29, 0.717) is 6.07 Å². The monoisotopic (exact) mass is 448 g/mol. The number of carbonyl (C=O) groups excluding carboxylic acids is 2. The highest BCUT2D eigenvalue weighted by molar-refractivity contribution is 5.66. The van der Waals surface area contributed by atoms with Gasteiger partial charge in [-0.2, -0.15) is 0 Å². The molecule has 11 heteroatoms. The number of nitrogens with zero attached hydrogens (tertiary/aromatic N) is 1. The predicted molar refractivity (Wildman–Crippen MR) is 104 cm³/mol. The molecule has 1 fully saturated rings. The lowest BCUT2D eigenvalue weighted by atomic mass is 10.2. The first-order chi connectivity index (χ1) is 15.1. The quantitative estimate of drug-likeness (QED) is 0.548. The Kier molecular flexibility index (Phi) is 6.85. The van der Waals surface area contributed by atoms with Crippen LogP contribution in [-0.2, 0) is 23.8 Å². The molecule has 1 saturated heterocycles. The van der Waals surface area contributed by atoms with Crippen molar-refractivity contribution >= 4 is 11.9 Å². The molecule has 0 spiro atoms. The molecule has 0 bridgehead atoms. The van der Waals surface area contributed by atoms with Gasteiger partial charge in [-0.15, -0.1) is 0 Å². The summed E-state index contributed by atoms with van der Waals surface area (Å²) < 4.78 is 43.5. The van der Waals surface area contributed by atoms with Gasteiger partial charge in [-0.1, -0.05) is 11.8 Å². The van der Waals surface area contributed by atoms with Crippen molar-refractivity contribution in [3.63, 3.8) is 0 Å². The van der Waals surface area contributed by atoms with Gasteiger partial charge in [0.05, 0.1) is 0 Å². The summed E-state index contributed by atoms with van der Waals surface area (Å²) in [7, 11) is 0. The van der Waals surface area contributed by atoms with E-state index in [2.05, 4.69) is 16.8 Å². The molecule has 0 unspecified atom stereocenters. The van der Waals surface area contributed by atoms with Crippen molar-refractivity contribution in [2.24, 2.45) is 0 Å². The van der Waals surface area contributed by atoms with E-state index in [9.17, 15) is 28.0 Å². The number of esters is 2. The zero-order valence-corrected chi connectivity index (χ0v) is 17.0. The molecule has 0 aliphatic carbocycles. The molecule has 1 aromatic carbocycles. The Balaban J connectivity index is 1.90. The van der Waals surface area contributed by atoms with Crippen molar-refractivity contribution in [1.29, 1.82) is 0 Å². The lowest BCUT2D eigenvalue weighted by molar-refractivity contribution is -0.155. The van der Waals surface area contributed by atoms with Crippen molar-refractivity contribution in [1.82, 2.24) is 9.55 Å². The van der Waals surface area contributed by atoms with Gasteiger partial charge < -0.3 is 14.2 Å². The molecule has 0 saturated carbocycles. The molecule has 1 N–H and O–H groups in total. The third-order valence-electron chi connectivity index (χ3n) is 4.43. The van der Waals surface area contributed by atoms with Gasteiger partial charge >= 0.3 is 17.6 Å². The van der Waals surface area contributed by atoms with E-state index in [0.717, 1.165) is 22.9 Å². The van der Waals surface area contributed by atoms with E-state index in [1.807, 2.05) is 0 Å². The SMILES string of the molecule is CC(=O)OC[C@H]1O[C@@H](n2cc(C#Cc3cc(F)cc(F)c3)c(=O)[nH]c2=O)C[C@@H]1OC(C)=O. The van der Waals surface area contributed by atoms with E-state index >= 15 is 0 Å². The lowest BCUT2D eigenvalue weighted by Crippen LogP contribution is -2.34. The minimum Gasteiger partial charge on any atom is -0.463 e. The molecular weight excluding hydrogens is 430 g/mol. The molecule has 168 valence electrons. The molecule has 9 nitrogen and oxygen atoms in total. The third-order valence-corrected chi connectivity index (χ3v) is 4.43. The number of hydrogen-bond donors (Lipinski definition) is 1. The Morgan fingerprint density at radius 1 is 1.16 bits per heavy atom. The number of rotatable bonds is 4. The maximum Gasteiger partial charge on any atom is 0.330 e. The maximum atomic E-state index is 13.3. The highest BCUT2D eigenvalue weighted by Crippen LogP contribution is 2.30. The van der Waals surface area contributed by atoms with E-state index in [4.69, 9.17) is 14.2 Å². The standard InChI is InChI=1S/C21H18F2N2O7/c1-11(26)30-10-18-17(31-12(2)27)8-19(32-18)25-9-14(20(28)24-21(25)29)4-3-13-5-15(22)7-16(23)6-13/h5-7,9,17-19H,8,10H2,1-2H3,(H,24,28,29)/t17-,18+,19+/m0/s1. The Bertz CT molecular complexity index is 1200. The largest absolute Gasteiger partial charge is 0.463 e. The number of benzene rings is 1. The molecule has 1 aliphatic heterocycles. The summed E-state index contributed by atoms with van der Waals surface area (Å²) in [5, 5.41) is 0. The van der Waals surface area contributed by atoms with Gasteiger partial charge in [0.15, 0.2) is 0 Å². The Morgan fingerprint density at radius 2 is 1.84 bits per heavy atom. The minimum absolute atomic E-state index is 0.00636. The van der Waals surface area contributed by atoms with Gasteiger partial charge in [0.2, 0.25) is 0 Å². The minimum atomic E-state index is -0.962. The number of aromatic nitrogens is 2. The Morgan fingerprint density at radius 3 is 2.47 bits per heavy atom. The number of ether oxygens (including phenoxy) is 3.